The van der Waals surface area contributed by atoms with E-state index in [1.54, 1.807) is 0 Å². The predicted molar refractivity (Wildman–Crippen MR) is 77.7 cm³/mol. The first kappa shape index (κ1) is 12.7. The van der Waals surface area contributed by atoms with E-state index >= 15 is 0 Å². The molecule has 0 aromatic heterocycles. The highest BCUT2D eigenvalue weighted by atomic mass is 16.3. The van der Waals surface area contributed by atoms with Crippen molar-refractivity contribution >= 4 is 0 Å². The van der Waals surface area contributed by atoms with Crippen LogP contribution in [0, 0.1) is 35.5 Å². The van der Waals surface area contributed by atoms with Gasteiger partial charge < -0.3 is 5.11 Å². The van der Waals surface area contributed by atoms with Gasteiger partial charge in [0.15, 0.2) is 0 Å². The van der Waals surface area contributed by atoms with Crippen LogP contribution in [0.15, 0.2) is 0 Å². The summed E-state index contributed by atoms with van der Waals surface area (Å²) in [5.74, 6) is 4.84. The van der Waals surface area contributed by atoms with Crippen LogP contribution in [0.5, 0.6) is 0 Å². The Bertz CT molecular complexity index is 320. The summed E-state index contributed by atoms with van der Waals surface area (Å²) in [5.41, 5.74) is -0.249. The van der Waals surface area contributed by atoms with Gasteiger partial charge in [0.1, 0.15) is 0 Å². The molecule has 0 spiro atoms. The molecule has 2 atom stereocenters. The van der Waals surface area contributed by atoms with Gasteiger partial charge in [0.05, 0.1) is 5.60 Å². The minimum absolute atomic E-state index is 0.249. The maximum absolute atomic E-state index is 11.6. The van der Waals surface area contributed by atoms with Gasteiger partial charge >= 0.3 is 0 Å². The molecule has 1 N–H and O–H groups in total. The van der Waals surface area contributed by atoms with Crippen LogP contribution in [0.2, 0.25) is 0 Å². The maximum Gasteiger partial charge on any atom is 0.0732 e. The first-order chi connectivity index (χ1) is 9.20. The summed E-state index contributed by atoms with van der Waals surface area (Å²) in [4.78, 5) is 0. The van der Waals surface area contributed by atoms with Crippen LogP contribution in [0.25, 0.3) is 0 Å². The Morgan fingerprint density at radius 1 is 0.842 bits per heavy atom. The van der Waals surface area contributed by atoms with Gasteiger partial charge in [0, 0.05) is 0 Å². The lowest BCUT2D eigenvalue weighted by Gasteiger charge is -2.62. The normalized spacial score (nSPS) is 56.5. The van der Waals surface area contributed by atoms with E-state index in [4.69, 9.17) is 0 Å². The highest BCUT2D eigenvalue weighted by Crippen LogP contribution is 2.62. The van der Waals surface area contributed by atoms with Gasteiger partial charge in [0.2, 0.25) is 0 Å². The zero-order valence-corrected chi connectivity index (χ0v) is 12.5. The molecular formula is C18H30O. The largest absolute Gasteiger partial charge is 0.389 e. The van der Waals surface area contributed by atoms with Crippen molar-refractivity contribution < 1.29 is 5.11 Å². The Morgan fingerprint density at radius 2 is 1.47 bits per heavy atom. The van der Waals surface area contributed by atoms with E-state index in [1.165, 1.54) is 64.2 Å². The number of hydrogen-bond acceptors (Lipinski definition) is 1. The van der Waals surface area contributed by atoms with Crippen LogP contribution < -0.4 is 0 Å². The van der Waals surface area contributed by atoms with Crippen molar-refractivity contribution in [2.45, 2.75) is 76.7 Å². The fourth-order valence-corrected chi connectivity index (χ4v) is 6.69. The Labute approximate surface area is 118 Å². The minimum Gasteiger partial charge on any atom is -0.389 e. The molecule has 5 aliphatic rings. The lowest BCUT2D eigenvalue weighted by Crippen LogP contribution is -2.61. The van der Waals surface area contributed by atoms with Crippen molar-refractivity contribution in [2.75, 3.05) is 0 Å². The molecule has 5 rings (SSSR count). The molecule has 5 fully saturated rings. The van der Waals surface area contributed by atoms with Gasteiger partial charge in [-0.3, -0.25) is 0 Å². The molecule has 1 heteroatoms. The third-order valence-corrected chi connectivity index (χ3v) is 7.46. The summed E-state index contributed by atoms with van der Waals surface area (Å²) >= 11 is 0. The van der Waals surface area contributed by atoms with Gasteiger partial charge in [-0.2, -0.15) is 0 Å². The van der Waals surface area contributed by atoms with Crippen molar-refractivity contribution in [3.8, 4) is 0 Å². The van der Waals surface area contributed by atoms with E-state index in [2.05, 4.69) is 6.92 Å². The molecule has 108 valence electrons. The summed E-state index contributed by atoms with van der Waals surface area (Å²) in [6.07, 6.45) is 13.7. The van der Waals surface area contributed by atoms with E-state index in [0.29, 0.717) is 17.8 Å². The molecule has 5 aliphatic carbocycles. The Morgan fingerprint density at radius 3 is 2.05 bits per heavy atom. The summed E-state index contributed by atoms with van der Waals surface area (Å²) < 4.78 is 0. The van der Waals surface area contributed by atoms with E-state index in [9.17, 15) is 5.11 Å². The summed E-state index contributed by atoms with van der Waals surface area (Å²) in [5, 5.41) is 11.6. The quantitative estimate of drug-likeness (QED) is 0.782. The van der Waals surface area contributed by atoms with Crippen molar-refractivity contribution in [1.29, 1.82) is 0 Å². The van der Waals surface area contributed by atoms with Crippen molar-refractivity contribution in [2.24, 2.45) is 35.5 Å². The van der Waals surface area contributed by atoms with Gasteiger partial charge in [-0.1, -0.05) is 26.2 Å². The summed E-state index contributed by atoms with van der Waals surface area (Å²) in [7, 11) is 0. The lowest BCUT2D eigenvalue weighted by atomic mass is 9.46. The monoisotopic (exact) mass is 262 g/mol. The van der Waals surface area contributed by atoms with Gasteiger partial charge in [-0.05, 0) is 80.5 Å². The Kier molecular flexibility index (Phi) is 2.99. The number of aliphatic hydroxyl groups is 1. The van der Waals surface area contributed by atoms with Crippen molar-refractivity contribution in [1.82, 2.24) is 0 Å². The first-order valence-electron chi connectivity index (χ1n) is 8.92. The Hall–Kier alpha value is -0.0400. The highest BCUT2D eigenvalue weighted by molar-refractivity contribution is 5.09. The van der Waals surface area contributed by atoms with E-state index in [0.717, 1.165) is 17.8 Å². The molecule has 5 saturated carbocycles. The number of rotatable bonds is 2. The first-order valence-corrected chi connectivity index (χ1v) is 8.92. The van der Waals surface area contributed by atoms with Crippen LogP contribution in [0.3, 0.4) is 0 Å². The van der Waals surface area contributed by atoms with Crippen LogP contribution >= 0.6 is 0 Å². The molecule has 0 aromatic rings. The molecule has 4 bridgehead atoms. The topological polar surface area (TPSA) is 20.2 Å². The van der Waals surface area contributed by atoms with Gasteiger partial charge in [-0.15, -0.1) is 0 Å². The minimum atomic E-state index is -0.249. The van der Waals surface area contributed by atoms with Gasteiger partial charge in [0.25, 0.3) is 0 Å². The molecule has 19 heavy (non-hydrogen) atoms. The standard InChI is InChI=1S/C18H30O/c1-2-12-4-3-5-15(7-12)18(19)16-8-13-6-14(10-16)11-17(18)9-13/h12-17,19H,2-11H2,1H3. The lowest BCUT2D eigenvalue weighted by molar-refractivity contribution is -0.209. The molecule has 2 unspecified atom stereocenters. The summed E-state index contributed by atoms with van der Waals surface area (Å²) in [6, 6.07) is 0. The van der Waals surface area contributed by atoms with Crippen LogP contribution in [0.4, 0.5) is 0 Å². The third kappa shape index (κ3) is 1.83. The fraction of sp³-hybridized carbons (Fsp3) is 1.00. The third-order valence-electron chi connectivity index (χ3n) is 7.46. The maximum atomic E-state index is 11.6. The van der Waals surface area contributed by atoms with Crippen LogP contribution in [-0.2, 0) is 0 Å². The molecule has 0 saturated heterocycles. The molecule has 0 aliphatic heterocycles. The van der Waals surface area contributed by atoms with Crippen molar-refractivity contribution in [3.05, 3.63) is 0 Å². The van der Waals surface area contributed by atoms with Crippen LogP contribution in [0.1, 0.15) is 71.1 Å². The van der Waals surface area contributed by atoms with Crippen molar-refractivity contribution in [3.63, 3.8) is 0 Å². The number of hydrogen-bond donors (Lipinski definition) is 1. The second kappa shape index (κ2) is 4.48. The molecular weight excluding hydrogens is 232 g/mol. The van der Waals surface area contributed by atoms with E-state index in [-0.39, 0.29) is 5.60 Å². The zero-order valence-electron chi connectivity index (χ0n) is 12.5. The molecule has 0 amide bonds. The average Bonchev–Trinajstić information content (AvgIpc) is 2.44. The van der Waals surface area contributed by atoms with E-state index < -0.39 is 0 Å². The van der Waals surface area contributed by atoms with E-state index in [1.807, 2.05) is 0 Å². The van der Waals surface area contributed by atoms with Crippen LogP contribution in [-0.4, -0.2) is 10.7 Å². The molecule has 1 nitrogen and oxygen atoms in total. The molecule has 0 radical (unpaired) electrons. The molecule has 0 aromatic carbocycles. The summed E-state index contributed by atoms with van der Waals surface area (Å²) in [6.45, 7) is 2.34. The van der Waals surface area contributed by atoms with Gasteiger partial charge in [-0.25, -0.2) is 0 Å². The smallest absolute Gasteiger partial charge is 0.0732 e. The highest BCUT2D eigenvalue weighted by Gasteiger charge is 2.59. The second-order valence-electron chi connectivity index (χ2n) is 8.33. The predicted octanol–water partition coefficient (Wildman–Crippen LogP) is 4.39. The second-order valence-corrected chi connectivity index (χ2v) is 8.33. The Balaban J connectivity index is 1.58. The molecule has 0 heterocycles. The zero-order chi connectivity index (χ0) is 13.0. The fourth-order valence-electron chi connectivity index (χ4n) is 6.69. The average molecular weight is 262 g/mol. The SMILES string of the molecule is CCC1CCCC(C2(O)C3CC4CC(C3)CC2C4)C1.